The summed E-state index contributed by atoms with van der Waals surface area (Å²) in [6.07, 6.45) is 2.55. The lowest BCUT2D eigenvalue weighted by atomic mass is 10.0. The Morgan fingerprint density at radius 1 is 1.00 bits per heavy atom. The number of hydrogen-bond acceptors (Lipinski definition) is 2. The van der Waals surface area contributed by atoms with E-state index in [2.05, 4.69) is 17.4 Å². The number of anilines is 1. The highest BCUT2D eigenvalue weighted by atomic mass is 35.5. The van der Waals surface area contributed by atoms with Crippen LogP contribution in [0.1, 0.15) is 18.0 Å². The Bertz CT molecular complexity index is 685. The van der Waals surface area contributed by atoms with Crippen LogP contribution >= 0.6 is 11.6 Å². The highest BCUT2D eigenvalue weighted by molar-refractivity contribution is 6.17. The first-order chi connectivity index (χ1) is 11.3. The quantitative estimate of drug-likeness (QED) is 0.645. The number of hydrogen-bond donors (Lipinski definition) is 1. The molecule has 0 saturated heterocycles. The first-order valence-electron chi connectivity index (χ1n) is 7.76. The van der Waals surface area contributed by atoms with Gasteiger partial charge in [-0.15, -0.1) is 11.6 Å². The fraction of sp³-hybridized carbons (Fsp3) is 0.211. The summed E-state index contributed by atoms with van der Waals surface area (Å²) in [6, 6.07) is 19.7. The van der Waals surface area contributed by atoms with Gasteiger partial charge in [-0.05, 0) is 24.1 Å². The maximum absolute atomic E-state index is 12.6. The maximum atomic E-state index is 12.6. The number of amides is 1. The van der Waals surface area contributed by atoms with Crippen molar-refractivity contribution in [2.45, 2.75) is 12.5 Å². The molecule has 2 aromatic carbocycles. The molecule has 0 fully saturated rings. The summed E-state index contributed by atoms with van der Waals surface area (Å²) >= 11 is 5.76. The molecule has 0 spiro atoms. The van der Waals surface area contributed by atoms with E-state index < -0.39 is 0 Å². The maximum Gasteiger partial charge on any atom is 0.253 e. The number of para-hydroxylation sites is 1. The van der Waals surface area contributed by atoms with Crippen molar-refractivity contribution in [3.8, 4) is 0 Å². The zero-order valence-corrected chi connectivity index (χ0v) is 13.5. The van der Waals surface area contributed by atoms with Gasteiger partial charge in [0.2, 0.25) is 0 Å². The van der Waals surface area contributed by atoms with E-state index in [9.17, 15) is 4.79 Å². The van der Waals surface area contributed by atoms with Crippen LogP contribution < -0.4 is 10.2 Å². The number of carbonyl (C=O) groups excluding carboxylic acids is 1. The molecule has 1 unspecified atom stereocenters. The van der Waals surface area contributed by atoms with Gasteiger partial charge in [-0.25, -0.2) is 0 Å². The van der Waals surface area contributed by atoms with Crippen LogP contribution in [0.2, 0.25) is 0 Å². The molecule has 1 atom stereocenters. The number of carbonyl (C=O) groups is 1. The van der Waals surface area contributed by atoms with Gasteiger partial charge in [0.25, 0.3) is 5.91 Å². The molecule has 0 bridgehead atoms. The Hall–Kier alpha value is -2.26. The number of nitrogens with one attached hydrogen (secondary N) is 1. The van der Waals surface area contributed by atoms with E-state index in [0.717, 1.165) is 29.9 Å². The van der Waals surface area contributed by atoms with Crippen molar-refractivity contribution in [2.24, 2.45) is 0 Å². The second-order valence-corrected chi connectivity index (χ2v) is 5.80. The van der Waals surface area contributed by atoms with Crippen LogP contribution in [0.3, 0.4) is 0 Å². The minimum absolute atomic E-state index is 0.00146. The molecule has 1 aliphatic rings. The van der Waals surface area contributed by atoms with E-state index in [0.29, 0.717) is 5.88 Å². The van der Waals surface area contributed by atoms with Crippen molar-refractivity contribution in [1.29, 1.82) is 0 Å². The SMILES string of the molecule is O=C1C=C(NCCCCl)C(c2ccccc2)N1c1ccccc1. The molecular weight excluding hydrogens is 308 g/mol. The lowest BCUT2D eigenvalue weighted by Crippen LogP contribution is -2.31. The van der Waals surface area contributed by atoms with Crippen LogP contribution in [0.25, 0.3) is 0 Å². The van der Waals surface area contributed by atoms with Crippen molar-refractivity contribution >= 4 is 23.2 Å². The van der Waals surface area contributed by atoms with Gasteiger partial charge in [0, 0.05) is 29.9 Å². The average molecular weight is 327 g/mol. The summed E-state index contributed by atoms with van der Waals surface area (Å²) in [7, 11) is 0. The van der Waals surface area contributed by atoms with Crippen LogP contribution in [0, 0.1) is 0 Å². The van der Waals surface area contributed by atoms with Crippen molar-refractivity contribution in [1.82, 2.24) is 5.32 Å². The first-order valence-corrected chi connectivity index (χ1v) is 8.29. The molecule has 1 N–H and O–H groups in total. The van der Waals surface area contributed by atoms with Gasteiger partial charge in [-0.2, -0.15) is 0 Å². The number of nitrogens with zero attached hydrogens (tertiary/aromatic N) is 1. The molecule has 3 nitrogen and oxygen atoms in total. The molecule has 1 heterocycles. The van der Waals surface area contributed by atoms with Crippen molar-refractivity contribution in [3.63, 3.8) is 0 Å². The van der Waals surface area contributed by atoms with E-state index in [1.54, 1.807) is 6.08 Å². The van der Waals surface area contributed by atoms with Crippen LogP contribution in [0.5, 0.6) is 0 Å². The largest absolute Gasteiger partial charge is 0.386 e. The average Bonchev–Trinajstić information content (AvgIpc) is 2.93. The monoisotopic (exact) mass is 326 g/mol. The smallest absolute Gasteiger partial charge is 0.253 e. The fourth-order valence-corrected chi connectivity index (χ4v) is 2.96. The molecule has 4 heteroatoms. The van der Waals surface area contributed by atoms with Gasteiger partial charge in [0.1, 0.15) is 6.04 Å². The van der Waals surface area contributed by atoms with Crippen molar-refractivity contribution in [3.05, 3.63) is 78.0 Å². The van der Waals surface area contributed by atoms with E-state index in [1.165, 1.54) is 0 Å². The summed E-state index contributed by atoms with van der Waals surface area (Å²) in [5.74, 6) is 0.602. The molecule has 1 amide bonds. The molecular formula is C19H19ClN2O. The predicted molar refractivity (Wildman–Crippen MR) is 94.5 cm³/mol. The van der Waals surface area contributed by atoms with E-state index >= 15 is 0 Å². The Morgan fingerprint density at radius 3 is 2.30 bits per heavy atom. The van der Waals surface area contributed by atoms with Crippen molar-refractivity contribution < 1.29 is 4.79 Å². The van der Waals surface area contributed by atoms with Gasteiger partial charge in [0.15, 0.2) is 0 Å². The van der Waals surface area contributed by atoms with Crippen LogP contribution in [0.15, 0.2) is 72.4 Å². The van der Waals surface area contributed by atoms with Gasteiger partial charge >= 0.3 is 0 Å². The fourth-order valence-electron chi connectivity index (χ4n) is 2.82. The topological polar surface area (TPSA) is 32.3 Å². The van der Waals surface area contributed by atoms with Gasteiger partial charge in [-0.3, -0.25) is 9.69 Å². The molecule has 0 aliphatic carbocycles. The minimum atomic E-state index is -0.124. The summed E-state index contributed by atoms with van der Waals surface area (Å²) in [5, 5.41) is 3.38. The third-order valence-electron chi connectivity index (χ3n) is 3.86. The highest BCUT2D eigenvalue weighted by Gasteiger charge is 2.34. The normalized spacial score (nSPS) is 17.3. The summed E-state index contributed by atoms with van der Waals surface area (Å²) in [6.45, 7) is 0.759. The molecule has 1 aliphatic heterocycles. The summed E-state index contributed by atoms with van der Waals surface area (Å²) in [4.78, 5) is 14.4. The molecule has 0 radical (unpaired) electrons. The van der Waals surface area contributed by atoms with Gasteiger partial charge in [0.05, 0.1) is 0 Å². The second kappa shape index (κ2) is 7.34. The minimum Gasteiger partial charge on any atom is -0.386 e. The zero-order chi connectivity index (χ0) is 16.1. The van der Waals surface area contributed by atoms with Gasteiger partial charge < -0.3 is 5.32 Å². The van der Waals surface area contributed by atoms with Crippen LogP contribution in [-0.2, 0) is 4.79 Å². The van der Waals surface area contributed by atoms with Crippen LogP contribution in [0.4, 0.5) is 5.69 Å². The van der Waals surface area contributed by atoms with E-state index in [-0.39, 0.29) is 11.9 Å². The van der Waals surface area contributed by atoms with E-state index in [1.807, 2.05) is 53.4 Å². The highest BCUT2D eigenvalue weighted by Crippen LogP contribution is 2.36. The molecule has 3 rings (SSSR count). The third-order valence-corrected chi connectivity index (χ3v) is 4.13. The lowest BCUT2D eigenvalue weighted by molar-refractivity contribution is -0.113. The summed E-state index contributed by atoms with van der Waals surface area (Å²) < 4.78 is 0. The Balaban J connectivity index is 1.94. The zero-order valence-electron chi connectivity index (χ0n) is 12.8. The third kappa shape index (κ3) is 3.40. The second-order valence-electron chi connectivity index (χ2n) is 5.43. The number of benzene rings is 2. The predicted octanol–water partition coefficient (Wildman–Crippen LogP) is 3.88. The standard InChI is InChI=1S/C19H19ClN2O/c20-12-7-13-21-17-14-18(23)22(16-10-5-2-6-11-16)19(17)15-8-3-1-4-9-15/h1-6,8-11,14,19,21H,7,12-13H2. The van der Waals surface area contributed by atoms with Gasteiger partial charge in [-0.1, -0.05) is 48.5 Å². The summed E-state index contributed by atoms with van der Waals surface area (Å²) in [5.41, 5.74) is 2.92. The van der Waals surface area contributed by atoms with E-state index in [4.69, 9.17) is 11.6 Å². The van der Waals surface area contributed by atoms with Crippen molar-refractivity contribution in [2.75, 3.05) is 17.3 Å². The molecule has 2 aromatic rings. The Morgan fingerprint density at radius 2 is 1.65 bits per heavy atom. The number of alkyl halides is 1. The lowest BCUT2D eigenvalue weighted by Gasteiger charge is -2.28. The number of rotatable bonds is 6. The Kier molecular flexibility index (Phi) is 4.99. The van der Waals surface area contributed by atoms with Crippen LogP contribution in [-0.4, -0.2) is 18.3 Å². The molecule has 0 saturated carbocycles. The molecule has 0 aromatic heterocycles. The Labute approximate surface area is 141 Å². The molecule has 23 heavy (non-hydrogen) atoms. The first kappa shape index (κ1) is 15.6. The molecule has 118 valence electrons. The number of halogens is 1.